The number of hydrogen-bond acceptors (Lipinski definition) is 1. The van der Waals surface area contributed by atoms with Crippen LogP contribution in [0.3, 0.4) is 0 Å². The van der Waals surface area contributed by atoms with Crippen LogP contribution >= 0.6 is 15.9 Å². The van der Waals surface area contributed by atoms with Gasteiger partial charge in [-0.15, -0.1) is 0 Å². The van der Waals surface area contributed by atoms with Gasteiger partial charge in [-0.2, -0.15) is 0 Å². The number of rotatable bonds is 1. The van der Waals surface area contributed by atoms with Crippen molar-refractivity contribution in [1.82, 2.24) is 0 Å². The van der Waals surface area contributed by atoms with Gasteiger partial charge in [-0.1, -0.05) is 6.07 Å². The average Bonchev–Trinajstić information content (AvgIpc) is 2.03. The smallest absolute Gasteiger partial charge is 0.188 e. The van der Waals surface area contributed by atoms with Gasteiger partial charge in [0.15, 0.2) is 5.69 Å². The van der Waals surface area contributed by atoms with E-state index in [-0.39, 0.29) is 0 Å². The van der Waals surface area contributed by atoms with Gasteiger partial charge >= 0.3 is 0 Å². The van der Waals surface area contributed by atoms with Crippen LogP contribution < -0.4 is 4.90 Å². The van der Waals surface area contributed by atoms with Gasteiger partial charge in [-0.3, -0.25) is 0 Å². The van der Waals surface area contributed by atoms with Gasteiger partial charge in [0, 0.05) is 24.3 Å². The first-order chi connectivity index (χ1) is 5.65. The van der Waals surface area contributed by atoms with Crippen LogP contribution in [0.25, 0.3) is 4.85 Å². The van der Waals surface area contributed by atoms with E-state index in [9.17, 15) is 0 Å². The molecule has 0 saturated carbocycles. The lowest BCUT2D eigenvalue weighted by Gasteiger charge is -2.14. The number of halogens is 1. The van der Waals surface area contributed by atoms with Gasteiger partial charge in [0.1, 0.15) is 0 Å². The van der Waals surface area contributed by atoms with Crippen molar-refractivity contribution in [1.29, 1.82) is 0 Å². The topological polar surface area (TPSA) is 7.60 Å². The van der Waals surface area contributed by atoms with Crippen molar-refractivity contribution in [2.75, 3.05) is 19.0 Å². The van der Waals surface area contributed by atoms with Crippen molar-refractivity contribution >= 4 is 27.3 Å². The molecule has 0 bridgehead atoms. The molecular weight excluding hydrogens is 216 g/mol. The van der Waals surface area contributed by atoms with Crippen LogP contribution in [-0.4, -0.2) is 14.1 Å². The predicted molar refractivity (Wildman–Crippen MR) is 54.7 cm³/mol. The molecule has 12 heavy (non-hydrogen) atoms. The third kappa shape index (κ3) is 1.77. The van der Waals surface area contributed by atoms with Crippen LogP contribution in [0.15, 0.2) is 22.7 Å². The number of anilines is 1. The predicted octanol–water partition coefficient (Wildman–Crippen LogP) is 3.07. The van der Waals surface area contributed by atoms with E-state index in [1.807, 2.05) is 37.2 Å². The average molecular weight is 225 g/mol. The van der Waals surface area contributed by atoms with Crippen molar-refractivity contribution in [2.24, 2.45) is 0 Å². The summed E-state index contributed by atoms with van der Waals surface area (Å²) in [5.41, 5.74) is 1.75. The Bertz CT molecular complexity index is 326. The summed E-state index contributed by atoms with van der Waals surface area (Å²) < 4.78 is 0.959. The van der Waals surface area contributed by atoms with Gasteiger partial charge in [0.05, 0.1) is 6.57 Å². The van der Waals surface area contributed by atoms with Gasteiger partial charge in [-0.25, -0.2) is 4.85 Å². The molecule has 0 heterocycles. The molecule has 0 radical (unpaired) electrons. The molecule has 0 N–H and O–H groups in total. The molecule has 2 nitrogen and oxygen atoms in total. The molecule has 0 aliphatic rings. The minimum atomic E-state index is 0.660. The molecule has 0 saturated heterocycles. The summed E-state index contributed by atoms with van der Waals surface area (Å²) >= 11 is 3.40. The number of nitrogens with zero attached hydrogens (tertiary/aromatic N) is 2. The summed E-state index contributed by atoms with van der Waals surface area (Å²) in [4.78, 5) is 5.33. The molecule has 0 spiro atoms. The van der Waals surface area contributed by atoms with Gasteiger partial charge in [0.2, 0.25) is 0 Å². The van der Waals surface area contributed by atoms with Crippen molar-refractivity contribution < 1.29 is 0 Å². The summed E-state index contributed by atoms with van der Waals surface area (Å²) in [5.74, 6) is 0. The Hall–Kier alpha value is -1.01. The fourth-order valence-corrected chi connectivity index (χ4v) is 1.65. The van der Waals surface area contributed by atoms with E-state index >= 15 is 0 Å². The van der Waals surface area contributed by atoms with Gasteiger partial charge in [-0.05, 0) is 28.1 Å². The summed E-state index contributed by atoms with van der Waals surface area (Å²) in [6, 6.07) is 5.56. The summed E-state index contributed by atoms with van der Waals surface area (Å²) in [7, 11) is 3.94. The summed E-state index contributed by atoms with van der Waals surface area (Å²) in [5, 5.41) is 0. The Morgan fingerprint density at radius 2 is 2.08 bits per heavy atom. The second kappa shape index (κ2) is 3.59. The van der Waals surface area contributed by atoms with E-state index in [0.29, 0.717) is 5.69 Å². The maximum absolute atomic E-state index is 6.81. The van der Waals surface area contributed by atoms with E-state index in [4.69, 9.17) is 6.57 Å². The quantitative estimate of drug-likeness (QED) is 0.666. The first-order valence-electron chi connectivity index (χ1n) is 3.49. The molecule has 1 rings (SSSR count). The van der Waals surface area contributed by atoms with Crippen LogP contribution in [0.4, 0.5) is 11.4 Å². The Labute approximate surface area is 80.8 Å². The van der Waals surface area contributed by atoms with Gasteiger partial charge < -0.3 is 4.90 Å². The summed E-state index contributed by atoms with van der Waals surface area (Å²) in [6.45, 7) is 6.81. The second-order valence-electron chi connectivity index (χ2n) is 2.64. The molecular formula is C9H9BrN2. The normalized spacial score (nSPS) is 9.17. The van der Waals surface area contributed by atoms with Crippen LogP contribution in [0, 0.1) is 6.57 Å². The third-order valence-corrected chi connectivity index (χ3v) is 2.18. The minimum absolute atomic E-state index is 0.660. The molecule has 0 aromatic heterocycles. The molecule has 0 amide bonds. The van der Waals surface area contributed by atoms with E-state index in [1.165, 1.54) is 0 Å². The van der Waals surface area contributed by atoms with Crippen molar-refractivity contribution in [3.05, 3.63) is 34.1 Å². The molecule has 0 aliphatic heterocycles. The summed E-state index contributed by atoms with van der Waals surface area (Å²) in [6.07, 6.45) is 0. The highest BCUT2D eigenvalue weighted by molar-refractivity contribution is 9.10. The monoisotopic (exact) mass is 224 g/mol. The SMILES string of the molecule is [C-]#[N+]c1ccc(N(C)C)c(Br)c1. The van der Waals surface area contributed by atoms with Crippen molar-refractivity contribution in [3.63, 3.8) is 0 Å². The molecule has 0 unspecified atom stereocenters. The van der Waals surface area contributed by atoms with E-state index < -0.39 is 0 Å². The van der Waals surface area contributed by atoms with E-state index in [2.05, 4.69) is 20.8 Å². The van der Waals surface area contributed by atoms with Crippen molar-refractivity contribution in [2.45, 2.75) is 0 Å². The van der Waals surface area contributed by atoms with Crippen molar-refractivity contribution in [3.8, 4) is 0 Å². The lowest BCUT2D eigenvalue weighted by molar-refractivity contribution is 1.13. The molecule has 0 atom stereocenters. The molecule has 0 aliphatic carbocycles. The fourth-order valence-electron chi connectivity index (χ4n) is 0.928. The maximum Gasteiger partial charge on any atom is 0.188 e. The van der Waals surface area contributed by atoms with Crippen LogP contribution in [0.2, 0.25) is 0 Å². The third-order valence-electron chi connectivity index (χ3n) is 1.54. The Balaban J connectivity index is 3.14. The lowest BCUT2D eigenvalue weighted by atomic mass is 10.3. The first-order valence-corrected chi connectivity index (χ1v) is 4.29. The van der Waals surface area contributed by atoms with Crippen LogP contribution in [-0.2, 0) is 0 Å². The fraction of sp³-hybridized carbons (Fsp3) is 0.222. The largest absolute Gasteiger partial charge is 0.377 e. The Kier molecular flexibility index (Phi) is 2.72. The first kappa shape index (κ1) is 9.08. The number of benzene rings is 1. The zero-order chi connectivity index (χ0) is 9.14. The highest BCUT2D eigenvalue weighted by atomic mass is 79.9. The highest BCUT2D eigenvalue weighted by Gasteiger charge is 2.01. The number of hydrogen-bond donors (Lipinski definition) is 0. The van der Waals surface area contributed by atoms with Gasteiger partial charge in [0.25, 0.3) is 0 Å². The Morgan fingerprint density at radius 3 is 2.50 bits per heavy atom. The van der Waals surface area contributed by atoms with E-state index in [1.54, 1.807) is 0 Å². The van der Waals surface area contributed by atoms with Crippen LogP contribution in [0.5, 0.6) is 0 Å². The molecule has 1 aromatic rings. The lowest BCUT2D eigenvalue weighted by Crippen LogP contribution is -2.08. The maximum atomic E-state index is 6.81. The highest BCUT2D eigenvalue weighted by Crippen LogP contribution is 2.28. The van der Waals surface area contributed by atoms with E-state index in [0.717, 1.165) is 10.2 Å². The standard InChI is InChI=1S/C9H9BrN2/c1-11-7-4-5-9(12(2)3)8(10)6-7/h4-6H,2-3H3. The molecule has 0 fully saturated rings. The molecule has 62 valence electrons. The zero-order valence-corrected chi connectivity index (χ0v) is 8.59. The second-order valence-corrected chi connectivity index (χ2v) is 3.50. The zero-order valence-electron chi connectivity index (χ0n) is 7.00. The van der Waals surface area contributed by atoms with Crippen LogP contribution in [0.1, 0.15) is 0 Å². The Morgan fingerprint density at radius 1 is 1.42 bits per heavy atom. The molecule has 1 aromatic carbocycles. The minimum Gasteiger partial charge on any atom is -0.377 e. The molecule has 3 heteroatoms.